The molecule has 0 saturated carbocycles. The molecule has 0 aliphatic heterocycles. The second-order valence-corrected chi connectivity index (χ2v) is 10.2. The highest BCUT2D eigenvalue weighted by Crippen LogP contribution is 2.33. The number of ether oxygens (including phenoxy) is 1. The van der Waals surface area contributed by atoms with Crippen molar-refractivity contribution < 1.29 is 17.9 Å². The molecule has 0 atom stereocenters. The Morgan fingerprint density at radius 1 is 1.17 bits per heavy atom. The topological polar surface area (TPSA) is 78.3 Å². The molecule has 0 saturated heterocycles. The van der Waals surface area contributed by atoms with Crippen LogP contribution in [-0.2, 0) is 16.4 Å². The SMILES string of the molecule is CCn1ncc(C(=O)c2ccc(S(C)(=O)=O)c(C(C)=C(C)C)c2C)c1OCC(C)C. The normalized spacial score (nSPS) is 11.6. The maximum atomic E-state index is 13.5. The van der Waals surface area contributed by atoms with Crippen LogP contribution in [0.3, 0.4) is 0 Å². The summed E-state index contributed by atoms with van der Waals surface area (Å²) in [6.45, 7) is 14.6. The van der Waals surface area contributed by atoms with Crippen molar-refractivity contribution in [2.45, 2.75) is 59.9 Å². The van der Waals surface area contributed by atoms with Crippen LogP contribution < -0.4 is 4.74 Å². The summed E-state index contributed by atoms with van der Waals surface area (Å²) in [5, 5.41) is 4.30. The Bertz CT molecular complexity index is 1090. The summed E-state index contributed by atoms with van der Waals surface area (Å²) in [4.78, 5) is 13.7. The first kappa shape index (κ1) is 23.9. The van der Waals surface area contributed by atoms with E-state index in [4.69, 9.17) is 4.74 Å². The third kappa shape index (κ3) is 4.83. The molecule has 0 spiro atoms. The molecular formula is C23H32N2O4S. The van der Waals surface area contributed by atoms with Crippen molar-refractivity contribution in [3.05, 3.63) is 46.2 Å². The lowest BCUT2D eigenvalue weighted by molar-refractivity contribution is 0.103. The first-order chi connectivity index (χ1) is 13.9. The summed E-state index contributed by atoms with van der Waals surface area (Å²) >= 11 is 0. The molecule has 1 heterocycles. The van der Waals surface area contributed by atoms with Gasteiger partial charge in [-0.3, -0.25) is 4.79 Å². The van der Waals surface area contributed by atoms with E-state index in [-0.39, 0.29) is 10.7 Å². The fourth-order valence-corrected chi connectivity index (χ4v) is 4.25. The number of carbonyl (C=O) groups excluding carboxylic acids is 1. The summed E-state index contributed by atoms with van der Waals surface area (Å²) in [5.41, 5.74) is 3.91. The molecule has 164 valence electrons. The molecular weight excluding hydrogens is 400 g/mol. The van der Waals surface area contributed by atoms with E-state index in [1.54, 1.807) is 17.7 Å². The van der Waals surface area contributed by atoms with Crippen LogP contribution in [0.25, 0.3) is 5.57 Å². The molecule has 0 aliphatic carbocycles. The van der Waals surface area contributed by atoms with E-state index in [0.717, 1.165) is 11.1 Å². The molecule has 0 aliphatic rings. The second-order valence-electron chi connectivity index (χ2n) is 8.22. The second kappa shape index (κ2) is 9.16. The third-order valence-corrected chi connectivity index (χ3v) is 6.22. The van der Waals surface area contributed by atoms with E-state index in [9.17, 15) is 13.2 Å². The van der Waals surface area contributed by atoms with E-state index in [0.29, 0.717) is 47.2 Å². The first-order valence-corrected chi connectivity index (χ1v) is 12.0. The van der Waals surface area contributed by atoms with E-state index in [1.807, 2.05) is 41.5 Å². The third-order valence-electron chi connectivity index (χ3n) is 5.08. The predicted molar refractivity (Wildman–Crippen MR) is 120 cm³/mol. The molecule has 1 aromatic carbocycles. The van der Waals surface area contributed by atoms with E-state index < -0.39 is 9.84 Å². The van der Waals surface area contributed by atoms with Gasteiger partial charge in [-0.05, 0) is 69.4 Å². The Hall–Kier alpha value is -2.41. The van der Waals surface area contributed by atoms with Gasteiger partial charge in [-0.15, -0.1) is 0 Å². The molecule has 0 fully saturated rings. The lowest BCUT2D eigenvalue weighted by atomic mass is 9.91. The summed E-state index contributed by atoms with van der Waals surface area (Å²) in [5.74, 6) is 0.521. The van der Waals surface area contributed by atoms with E-state index in [2.05, 4.69) is 5.10 Å². The van der Waals surface area contributed by atoms with Crippen LogP contribution in [0.15, 0.2) is 28.8 Å². The average Bonchev–Trinajstić information content (AvgIpc) is 3.06. The number of sulfone groups is 1. The van der Waals surface area contributed by atoms with Crippen molar-refractivity contribution in [3.63, 3.8) is 0 Å². The van der Waals surface area contributed by atoms with Crippen LogP contribution in [0.4, 0.5) is 0 Å². The zero-order chi connectivity index (χ0) is 22.8. The summed E-state index contributed by atoms with van der Waals surface area (Å²) in [6, 6.07) is 3.11. The number of nitrogens with zero attached hydrogens (tertiary/aromatic N) is 2. The monoisotopic (exact) mass is 432 g/mol. The number of carbonyl (C=O) groups is 1. The minimum absolute atomic E-state index is 0.228. The quantitative estimate of drug-likeness (QED) is 0.565. The molecule has 0 amide bonds. The molecule has 0 N–H and O–H groups in total. The van der Waals surface area contributed by atoms with Crippen molar-refractivity contribution in [1.82, 2.24) is 9.78 Å². The number of aromatic nitrogens is 2. The Morgan fingerprint density at radius 2 is 1.80 bits per heavy atom. The Kier molecular flexibility index (Phi) is 7.29. The summed E-state index contributed by atoms with van der Waals surface area (Å²) in [6.07, 6.45) is 2.72. The van der Waals surface area contributed by atoms with Gasteiger partial charge in [-0.25, -0.2) is 13.1 Å². The fourth-order valence-electron chi connectivity index (χ4n) is 3.26. The number of hydrogen-bond acceptors (Lipinski definition) is 5. The van der Waals surface area contributed by atoms with Crippen molar-refractivity contribution >= 4 is 21.2 Å². The molecule has 1 aromatic heterocycles. The predicted octanol–water partition coefficient (Wildman–Crippen LogP) is 4.69. The van der Waals surface area contributed by atoms with Crippen LogP contribution >= 0.6 is 0 Å². The molecule has 30 heavy (non-hydrogen) atoms. The van der Waals surface area contributed by atoms with Gasteiger partial charge in [-0.1, -0.05) is 19.4 Å². The van der Waals surface area contributed by atoms with Crippen LogP contribution in [0.1, 0.15) is 68.6 Å². The van der Waals surface area contributed by atoms with Crippen molar-refractivity contribution in [1.29, 1.82) is 0 Å². The van der Waals surface area contributed by atoms with E-state index >= 15 is 0 Å². The van der Waals surface area contributed by atoms with Gasteiger partial charge in [0.2, 0.25) is 5.88 Å². The minimum Gasteiger partial charge on any atom is -0.477 e. The average molecular weight is 433 g/mol. The summed E-state index contributed by atoms with van der Waals surface area (Å²) < 4.78 is 32.4. The smallest absolute Gasteiger partial charge is 0.223 e. The van der Waals surface area contributed by atoms with Crippen LogP contribution in [0, 0.1) is 12.8 Å². The molecule has 0 radical (unpaired) electrons. The van der Waals surface area contributed by atoms with Gasteiger partial charge in [0.15, 0.2) is 15.6 Å². The largest absolute Gasteiger partial charge is 0.477 e. The minimum atomic E-state index is -3.45. The molecule has 0 unspecified atom stereocenters. The highest BCUT2D eigenvalue weighted by molar-refractivity contribution is 7.90. The lowest BCUT2D eigenvalue weighted by Gasteiger charge is -2.17. The highest BCUT2D eigenvalue weighted by atomic mass is 32.2. The Balaban J connectivity index is 2.69. The molecule has 0 bridgehead atoms. The number of benzene rings is 1. The number of rotatable bonds is 8. The van der Waals surface area contributed by atoms with Gasteiger partial charge < -0.3 is 4.74 Å². The van der Waals surface area contributed by atoms with Crippen LogP contribution in [0.2, 0.25) is 0 Å². The molecule has 7 heteroatoms. The van der Waals surface area contributed by atoms with Gasteiger partial charge in [-0.2, -0.15) is 5.10 Å². The highest BCUT2D eigenvalue weighted by Gasteiger charge is 2.26. The Labute approximate surface area is 179 Å². The molecule has 6 nitrogen and oxygen atoms in total. The number of aryl methyl sites for hydroxylation is 1. The van der Waals surface area contributed by atoms with Crippen LogP contribution in [-0.4, -0.2) is 36.8 Å². The summed E-state index contributed by atoms with van der Waals surface area (Å²) in [7, 11) is -3.45. The van der Waals surface area contributed by atoms with Crippen LogP contribution in [0.5, 0.6) is 5.88 Å². The van der Waals surface area contributed by atoms with Gasteiger partial charge in [0, 0.05) is 18.4 Å². The molecule has 2 rings (SSSR count). The number of ketones is 1. The zero-order valence-corrected chi connectivity index (χ0v) is 20.0. The fraction of sp³-hybridized carbons (Fsp3) is 0.478. The number of hydrogen-bond donors (Lipinski definition) is 0. The van der Waals surface area contributed by atoms with E-state index in [1.165, 1.54) is 18.5 Å². The van der Waals surface area contributed by atoms with Crippen molar-refractivity contribution in [2.24, 2.45) is 5.92 Å². The number of allylic oxidation sites excluding steroid dienone is 2. The first-order valence-electron chi connectivity index (χ1n) is 10.1. The van der Waals surface area contributed by atoms with Crippen molar-refractivity contribution in [2.75, 3.05) is 12.9 Å². The standard InChI is InChI=1S/C23H32N2O4S/c1-9-25-23(29-13-14(2)3)19(12-24-25)22(26)18-10-11-20(30(8,27)28)21(17(18)7)16(6)15(4)5/h10-12,14H,9,13H2,1-8H3. The Morgan fingerprint density at radius 3 is 2.30 bits per heavy atom. The molecule has 2 aromatic rings. The van der Waals surface area contributed by atoms with Gasteiger partial charge in [0.25, 0.3) is 0 Å². The van der Waals surface area contributed by atoms with Crippen molar-refractivity contribution in [3.8, 4) is 5.88 Å². The lowest BCUT2D eigenvalue weighted by Crippen LogP contribution is -2.13. The van der Waals surface area contributed by atoms with Gasteiger partial charge >= 0.3 is 0 Å². The van der Waals surface area contributed by atoms with Gasteiger partial charge in [0.05, 0.1) is 17.7 Å². The van der Waals surface area contributed by atoms with Gasteiger partial charge in [0.1, 0.15) is 5.56 Å². The maximum absolute atomic E-state index is 13.5. The maximum Gasteiger partial charge on any atom is 0.223 e. The zero-order valence-electron chi connectivity index (χ0n) is 19.2.